The van der Waals surface area contributed by atoms with Gasteiger partial charge in [0, 0.05) is 24.4 Å². The smallest absolute Gasteiger partial charge is 0.341 e. The number of hydrogen-bond acceptors (Lipinski definition) is 5. The topological polar surface area (TPSA) is 98.2 Å². The Balaban J connectivity index is 2.30. The molecule has 2 aromatic rings. The Kier molecular flexibility index (Phi) is 3.97. The van der Waals surface area contributed by atoms with Crippen LogP contribution in [0.3, 0.4) is 0 Å². The van der Waals surface area contributed by atoms with Crippen molar-refractivity contribution in [3.8, 4) is 0 Å². The Bertz CT molecular complexity index is 687. The van der Waals surface area contributed by atoms with Crippen LogP contribution in [0.15, 0.2) is 21.6 Å². The van der Waals surface area contributed by atoms with E-state index in [1.807, 2.05) is 6.92 Å². The molecule has 0 aliphatic rings. The van der Waals surface area contributed by atoms with Crippen molar-refractivity contribution in [3.05, 3.63) is 45.5 Å². The fourth-order valence-corrected chi connectivity index (χ4v) is 1.82. The molecule has 0 fully saturated rings. The van der Waals surface area contributed by atoms with Crippen LogP contribution in [0.4, 0.5) is 0 Å². The normalized spacial score (nSPS) is 10.7. The zero-order valence-corrected chi connectivity index (χ0v) is 11.3. The van der Waals surface area contributed by atoms with Gasteiger partial charge in [0.15, 0.2) is 11.3 Å². The summed E-state index contributed by atoms with van der Waals surface area (Å²) >= 11 is 0. The van der Waals surface area contributed by atoms with Gasteiger partial charge in [-0.1, -0.05) is 12.1 Å². The molecule has 0 bridgehead atoms. The van der Waals surface area contributed by atoms with E-state index in [9.17, 15) is 9.59 Å². The third-order valence-corrected chi connectivity index (χ3v) is 2.86. The highest BCUT2D eigenvalue weighted by atomic mass is 16.5. The summed E-state index contributed by atoms with van der Waals surface area (Å²) in [6, 6.07) is 1.29. The summed E-state index contributed by atoms with van der Waals surface area (Å²) in [5, 5.41) is 12.8. The van der Waals surface area contributed by atoms with Crippen molar-refractivity contribution < 1.29 is 14.4 Å². The maximum atomic E-state index is 11.5. The first kappa shape index (κ1) is 14.0. The van der Waals surface area contributed by atoms with Crippen LogP contribution in [0.2, 0.25) is 0 Å². The third kappa shape index (κ3) is 2.93. The lowest BCUT2D eigenvalue weighted by Crippen LogP contribution is -2.19. The third-order valence-electron chi connectivity index (χ3n) is 2.86. The van der Waals surface area contributed by atoms with Crippen LogP contribution in [0.5, 0.6) is 0 Å². The van der Waals surface area contributed by atoms with Gasteiger partial charge in [-0.2, -0.15) is 4.98 Å². The average Bonchev–Trinajstić information content (AvgIpc) is 2.80. The van der Waals surface area contributed by atoms with Crippen molar-refractivity contribution in [2.24, 2.45) is 0 Å². The van der Waals surface area contributed by atoms with Gasteiger partial charge in [0.1, 0.15) is 5.56 Å². The molecule has 0 radical (unpaired) electrons. The van der Waals surface area contributed by atoms with E-state index in [1.54, 1.807) is 11.5 Å². The lowest BCUT2D eigenvalue weighted by Gasteiger charge is -2.08. The molecule has 0 spiro atoms. The van der Waals surface area contributed by atoms with E-state index < -0.39 is 11.4 Å². The first-order valence-electron chi connectivity index (χ1n) is 6.27. The van der Waals surface area contributed by atoms with Gasteiger partial charge in [-0.25, -0.2) is 4.79 Å². The highest BCUT2D eigenvalue weighted by molar-refractivity contribution is 5.87. The molecule has 106 valence electrons. The van der Waals surface area contributed by atoms with E-state index in [4.69, 9.17) is 9.63 Å². The molecule has 7 nitrogen and oxygen atoms in total. The quantitative estimate of drug-likeness (QED) is 0.882. The summed E-state index contributed by atoms with van der Waals surface area (Å²) in [4.78, 5) is 26.7. The number of carboxylic acids is 1. The minimum Gasteiger partial charge on any atom is -0.477 e. The molecule has 1 N–H and O–H groups in total. The van der Waals surface area contributed by atoms with Crippen LogP contribution in [0.25, 0.3) is 0 Å². The second-order valence-corrected chi connectivity index (χ2v) is 4.48. The SMILES string of the molecule is CCCc1nc(Cn2cc(C(=O)O)c(=O)cc2C)no1. The number of aryl methyl sites for hydroxylation is 2. The molecule has 2 heterocycles. The maximum absolute atomic E-state index is 11.5. The number of hydrogen-bond donors (Lipinski definition) is 1. The number of aromatic carboxylic acids is 1. The summed E-state index contributed by atoms with van der Waals surface area (Å²) in [6.45, 7) is 3.99. The zero-order chi connectivity index (χ0) is 14.7. The van der Waals surface area contributed by atoms with Gasteiger partial charge in [-0.3, -0.25) is 4.79 Å². The summed E-state index contributed by atoms with van der Waals surface area (Å²) in [6.07, 6.45) is 2.91. The van der Waals surface area contributed by atoms with Crippen molar-refractivity contribution >= 4 is 5.97 Å². The van der Waals surface area contributed by atoms with Crippen LogP contribution in [-0.2, 0) is 13.0 Å². The number of carboxylic acid groups (broad SMARTS) is 1. The zero-order valence-electron chi connectivity index (χ0n) is 11.3. The Hall–Kier alpha value is -2.44. The Morgan fingerprint density at radius 1 is 1.50 bits per heavy atom. The van der Waals surface area contributed by atoms with Crippen LogP contribution < -0.4 is 5.43 Å². The molecule has 7 heteroatoms. The molecule has 0 aliphatic heterocycles. The Labute approximate surface area is 114 Å². The van der Waals surface area contributed by atoms with Gasteiger partial charge in [0.25, 0.3) is 0 Å². The minimum atomic E-state index is -1.25. The first-order valence-corrected chi connectivity index (χ1v) is 6.27. The van der Waals surface area contributed by atoms with E-state index >= 15 is 0 Å². The molecule has 0 aromatic carbocycles. The van der Waals surface area contributed by atoms with Crippen molar-refractivity contribution in [1.82, 2.24) is 14.7 Å². The van der Waals surface area contributed by atoms with Crippen LogP contribution in [0.1, 0.15) is 41.1 Å². The molecule has 0 saturated carbocycles. The van der Waals surface area contributed by atoms with E-state index in [0.29, 0.717) is 23.8 Å². The predicted molar refractivity (Wildman–Crippen MR) is 69.8 cm³/mol. The fraction of sp³-hybridized carbons (Fsp3) is 0.385. The molecule has 0 saturated heterocycles. The van der Waals surface area contributed by atoms with Crippen LogP contribution >= 0.6 is 0 Å². The van der Waals surface area contributed by atoms with Gasteiger partial charge < -0.3 is 14.2 Å². The molecule has 2 rings (SSSR count). The van der Waals surface area contributed by atoms with Crippen molar-refractivity contribution in [3.63, 3.8) is 0 Å². The minimum absolute atomic E-state index is 0.263. The van der Waals surface area contributed by atoms with Crippen molar-refractivity contribution in [1.29, 1.82) is 0 Å². The number of nitrogens with zero attached hydrogens (tertiary/aromatic N) is 3. The molecule has 0 unspecified atom stereocenters. The van der Waals surface area contributed by atoms with E-state index in [-0.39, 0.29) is 12.1 Å². The van der Waals surface area contributed by atoms with Gasteiger partial charge in [-0.05, 0) is 13.3 Å². The average molecular weight is 277 g/mol. The summed E-state index contributed by atoms with van der Waals surface area (Å²) in [5.41, 5.74) is -0.138. The van der Waals surface area contributed by atoms with Gasteiger partial charge in [0.2, 0.25) is 5.89 Å². The number of carbonyl (C=O) groups is 1. The van der Waals surface area contributed by atoms with Gasteiger partial charge in [0.05, 0.1) is 6.54 Å². The van der Waals surface area contributed by atoms with E-state index in [0.717, 1.165) is 6.42 Å². The maximum Gasteiger partial charge on any atom is 0.341 e. The second-order valence-electron chi connectivity index (χ2n) is 4.48. The molecular formula is C13H15N3O4. The summed E-state index contributed by atoms with van der Waals surface area (Å²) in [7, 11) is 0. The lowest BCUT2D eigenvalue weighted by atomic mass is 10.2. The second kappa shape index (κ2) is 5.68. The van der Waals surface area contributed by atoms with Crippen LogP contribution in [-0.4, -0.2) is 25.8 Å². The predicted octanol–water partition coefficient (Wildman–Crippen LogP) is 1.24. The fourth-order valence-electron chi connectivity index (χ4n) is 1.82. The molecule has 2 aromatic heterocycles. The number of aromatic nitrogens is 3. The van der Waals surface area contributed by atoms with Crippen LogP contribution in [0, 0.1) is 6.92 Å². The Morgan fingerprint density at radius 2 is 2.25 bits per heavy atom. The highest BCUT2D eigenvalue weighted by Gasteiger charge is 2.12. The molecule has 0 aliphatic carbocycles. The Morgan fingerprint density at radius 3 is 2.90 bits per heavy atom. The summed E-state index contributed by atoms with van der Waals surface area (Å²) < 4.78 is 6.68. The highest BCUT2D eigenvalue weighted by Crippen LogP contribution is 2.06. The molecule has 0 amide bonds. The largest absolute Gasteiger partial charge is 0.477 e. The van der Waals surface area contributed by atoms with Crippen molar-refractivity contribution in [2.75, 3.05) is 0 Å². The lowest BCUT2D eigenvalue weighted by molar-refractivity contribution is 0.0694. The van der Waals surface area contributed by atoms with Gasteiger partial charge >= 0.3 is 5.97 Å². The molecular weight excluding hydrogens is 262 g/mol. The first-order chi connectivity index (χ1) is 9.51. The monoisotopic (exact) mass is 277 g/mol. The molecule has 0 atom stereocenters. The molecule has 20 heavy (non-hydrogen) atoms. The van der Waals surface area contributed by atoms with E-state index in [1.165, 1.54) is 12.3 Å². The summed E-state index contributed by atoms with van der Waals surface area (Å²) in [5.74, 6) is -0.236. The number of pyridine rings is 1. The van der Waals surface area contributed by atoms with Gasteiger partial charge in [-0.15, -0.1) is 0 Å². The van der Waals surface area contributed by atoms with Crippen molar-refractivity contribution in [2.45, 2.75) is 33.2 Å². The van der Waals surface area contributed by atoms with E-state index in [2.05, 4.69) is 10.1 Å². The number of rotatable bonds is 5. The standard InChI is InChI=1S/C13H15N3O4/c1-3-4-12-14-11(15-20-12)7-16-6-9(13(18)19)10(17)5-8(16)2/h5-6H,3-4,7H2,1-2H3,(H,18,19).